The van der Waals surface area contributed by atoms with Crippen LogP contribution in [0.1, 0.15) is 44.8 Å². The molecule has 1 N–H and O–H groups in total. The van der Waals surface area contributed by atoms with Crippen LogP contribution in [0.3, 0.4) is 0 Å². The highest BCUT2D eigenvalue weighted by Crippen LogP contribution is 2.27. The van der Waals surface area contributed by atoms with Gasteiger partial charge in [0.15, 0.2) is 5.69 Å². The minimum Gasteiger partial charge on any atom is -0.343 e. The number of rotatable bonds is 4. The van der Waals surface area contributed by atoms with E-state index >= 15 is 0 Å². The Morgan fingerprint density at radius 1 is 1.21 bits per heavy atom. The van der Waals surface area contributed by atoms with Gasteiger partial charge in [0.25, 0.3) is 0 Å². The molecule has 6 nitrogen and oxygen atoms in total. The summed E-state index contributed by atoms with van der Waals surface area (Å²) in [6, 6.07) is -0.861. The van der Waals surface area contributed by atoms with Crippen molar-refractivity contribution in [1.82, 2.24) is 20.0 Å². The topological polar surface area (TPSA) is 67.2 Å². The number of halogens is 3. The maximum absolute atomic E-state index is 12.6. The molecule has 1 saturated heterocycles. The van der Waals surface area contributed by atoms with Gasteiger partial charge in [-0.3, -0.25) is 14.3 Å². The van der Waals surface area contributed by atoms with Crippen LogP contribution in [-0.2, 0) is 15.8 Å². The number of nitrogens with one attached hydrogen (secondary N) is 1. The smallest absolute Gasteiger partial charge is 0.343 e. The van der Waals surface area contributed by atoms with E-state index in [1.54, 1.807) is 11.8 Å². The van der Waals surface area contributed by atoms with Crippen molar-refractivity contribution in [1.29, 1.82) is 0 Å². The second kappa shape index (κ2) is 7.23. The molecule has 1 fully saturated rings. The third-order valence-electron chi connectivity index (χ3n) is 4.07. The molecular weight excluding hydrogens is 325 g/mol. The summed E-state index contributed by atoms with van der Waals surface area (Å²) < 4.78 is 38.6. The maximum atomic E-state index is 12.6. The van der Waals surface area contributed by atoms with Crippen LogP contribution in [0.25, 0.3) is 0 Å². The van der Waals surface area contributed by atoms with E-state index in [2.05, 4.69) is 10.4 Å². The monoisotopic (exact) mass is 346 g/mol. The summed E-state index contributed by atoms with van der Waals surface area (Å²) in [6.45, 7) is 4.35. The van der Waals surface area contributed by atoms with Crippen molar-refractivity contribution < 1.29 is 22.8 Å². The molecule has 0 spiro atoms. The Morgan fingerprint density at radius 2 is 1.83 bits per heavy atom. The number of alkyl halides is 3. The van der Waals surface area contributed by atoms with E-state index < -0.39 is 29.9 Å². The molecule has 0 aliphatic carbocycles. The molecule has 24 heavy (non-hydrogen) atoms. The normalized spacial score (nSPS) is 18.1. The fourth-order valence-electron chi connectivity index (χ4n) is 2.61. The lowest BCUT2D eigenvalue weighted by molar-refractivity contribution is -0.142. The summed E-state index contributed by atoms with van der Waals surface area (Å²) in [4.78, 5) is 26.1. The van der Waals surface area contributed by atoms with Crippen molar-refractivity contribution in [2.45, 2.75) is 51.4 Å². The first kappa shape index (κ1) is 18.3. The summed E-state index contributed by atoms with van der Waals surface area (Å²) in [5, 5.41) is 5.93. The van der Waals surface area contributed by atoms with Gasteiger partial charge in [0.1, 0.15) is 12.1 Å². The van der Waals surface area contributed by atoms with Crippen LogP contribution >= 0.6 is 0 Å². The van der Waals surface area contributed by atoms with E-state index in [0.29, 0.717) is 13.1 Å². The minimum atomic E-state index is -4.56. The Labute approximate surface area is 138 Å². The quantitative estimate of drug-likeness (QED) is 0.906. The zero-order valence-electron chi connectivity index (χ0n) is 13.6. The van der Waals surface area contributed by atoms with E-state index in [4.69, 9.17) is 0 Å². The Kier molecular flexibility index (Phi) is 5.51. The van der Waals surface area contributed by atoms with Crippen LogP contribution < -0.4 is 5.32 Å². The molecule has 0 bridgehead atoms. The second-order valence-electron chi connectivity index (χ2n) is 5.97. The number of amides is 2. The first-order valence-corrected chi connectivity index (χ1v) is 7.91. The predicted octanol–water partition coefficient (Wildman–Crippen LogP) is 1.98. The molecule has 2 atom stereocenters. The Morgan fingerprint density at radius 3 is 2.38 bits per heavy atom. The van der Waals surface area contributed by atoms with Crippen LogP contribution in [0.15, 0.2) is 12.3 Å². The van der Waals surface area contributed by atoms with Crippen molar-refractivity contribution in [2.75, 3.05) is 13.1 Å². The standard InChI is InChI=1S/C15H21F3N4O2/c1-10(14(24)21-7-4-3-5-8-21)19-13(23)11(2)22-9-6-12(20-22)15(16,17)18/h6,9-11H,3-5,7-8H2,1-2H3,(H,19,23). The summed E-state index contributed by atoms with van der Waals surface area (Å²) in [5.74, 6) is -0.726. The van der Waals surface area contributed by atoms with E-state index in [9.17, 15) is 22.8 Å². The van der Waals surface area contributed by atoms with Gasteiger partial charge < -0.3 is 10.2 Å². The van der Waals surface area contributed by atoms with Crippen LogP contribution in [0.4, 0.5) is 13.2 Å². The maximum Gasteiger partial charge on any atom is 0.435 e. The lowest BCUT2D eigenvalue weighted by Crippen LogP contribution is -2.49. The molecule has 1 aliphatic heterocycles. The number of hydrogen-bond donors (Lipinski definition) is 1. The first-order chi connectivity index (χ1) is 11.2. The van der Waals surface area contributed by atoms with Crippen LogP contribution in [0, 0.1) is 0 Å². The van der Waals surface area contributed by atoms with Crippen molar-refractivity contribution in [3.63, 3.8) is 0 Å². The number of carbonyl (C=O) groups excluding carboxylic acids is 2. The molecule has 2 unspecified atom stereocenters. The number of nitrogens with zero attached hydrogens (tertiary/aromatic N) is 3. The summed E-state index contributed by atoms with van der Waals surface area (Å²) >= 11 is 0. The molecule has 0 saturated carbocycles. The van der Waals surface area contributed by atoms with Gasteiger partial charge in [0.2, 0.25) is 11.8 Å². The molecule has 1 aromatic rings. The molecule has 0 radical (unpaired) electrons. The summed E-state index contributed by atoms with van der Waals surface area (Å²) in [5.41, 5.74) is -1.06. The lowest BCUT2D eigenvalue weighted by atomic mass is 10.1. The first-order valence-electron chi connectivity index (χ1n) is 7.91. The molecule has 9 heteroatoms. The predicted molar refractivity (Wildman–Crippen MR) is 80.0 cm³/mol. The largest absolute Gasteiger partial charge is 0.435 e. The highest BCUT2D eigenvalue weighted by atomic mass is 19.4. The fraction of sp³-hybridized carbons (Fsp3) is 0.667. The van der Waals surface area contributed by atoms with Gasteiger partial charge >= 0.3 is 6.18 Å². The van der Waals surface area contributed by atoms with Crippen molar-refractivity contribution in [2.24, 2.45) is 0 Å². The molecular formula is C15H21F3N4O2. The number of hydrogen-bond acceptors (Lipinski definition) is 3. The molecule has 2 amide bonds. The number of carbonyl (C=O) groups is 2. The van der Waals surface area contributed by atoms with Gasteiger partial charge in [-0.05, 0) is 39.2 Å². The van der Waals surface area contributed by atoms with Gasteiger partial charge in [0.05, 0.1) is 0 Å². The summed E-state index contributed by atoms with van der Waals surface area (Å²) in [7, 11) is 0. The molecule has 1 aliphatic rings. The van der Waals surface area contributed by atoms with Crippen LogP contribution in [0.2, 0.25) is 0 Å². The Hall–Kier alpha value is -2.06. The van der Waals surface area contributed by atoms with Gasteiger partial charge in [-0.25, -0.2) is 0 Å². The van der Waals surface area contributed by atoms with Gasteiger partial charge in [0, 0.05) is 19.3 Å². The lowest BCUT2D eigenvalue weighted by Gasteiger charge is -2.29. The van der Waals surface area contributed by atoms with Gasteiger partial charge in [-0.2, -0.15) is 18.3 Å². The molecule has 1 aromatic heterocycles. The fourth-order valence-corrected chi connectivity index (χ4v) is 2.61. The number of aromatic nitrogens is 2. The zero-order chi connectivity index (χ0) is 17.9. The van der Waals surface area contributed by atoms with E-state index in [1.807, 2.05) is 0 Å². The van der Waals surface area contributed by atoms with E-state index in [0.717, 1.165) is 36.2 Å². The van der Waals surface area contributed by atoms with Gasteiger partial charge in [-0.15, -0.1) is 0 Å². The van der Waals surface area contributed by atoms with Crippen molar-refractivity contribution in [3.8, 4) is 0 Å². The number of likely N-dealkylation sites (tertiary alicyclic amines) is 1. The SMILES string of the molecule is CC(NC(=O)C(C)n1ccc(C(F)(F)F)n1)C(=O)N1CCCCC1. The van der Waals surface area contributed by atoms with Crippen molar-refractivity contribution >= 4 is 11.8 Å². The second-order valence-corrected chi connectivity index (χ2v) is 5.97. The average Bonchev–Trinajstić information content (AvgIpc) is 3.04. The minimum absolute atomic E-state index is 0.174. The highest BCUT2D eigenvalue weighted by molar-refractivity contribution is 5.88. The van der Waals surface area contributed by atoms with E-state index in [1.165, 1.54) is 6.92 Å². The van der Waals surface area contributed by atoms with Crippen LogP contribution in [0.5, 0.6) is 0 Å². The molecule has 2 rings (SSSR count). The number of piperidine rings is 1. The summed E-state index contributed by atoms with van der Waals surface area (Å²) in [6.07, 6.45) is -0.488. The Balaban J connectivity index is 1.95. The van der Waals surface area contributed by atoms with Gasteiger partial charge in [-0.1, -0.05) is 0 Å². The van der Waals surface area contributed by atoms with Crippen LogP contribution in [-0.4, -0.2) is 45.6 Å². The third kappa shape index (κ3) is 4.27. The Bertz CT molecular complexity index is 594. The molecule has 134 valence electrons. The van der Waals surface area contributed by atoms with Crippen molar-refractivity contribution in [3.05, 3.63) is 18.0 Å². The average molecular weight is 346 g/mol. The molecule has 0 aromatic carbocycles. The zero-order valence-corrected chi connectivity index (χ0v) is 13.6. The third-order valence-corrected chi connectivity index (χ3v) is 4.07. The van der Waals surface area contributed by atoms with E-state index in [-0.39, 0.29) is 5.91 Å². The highest BCUT2D eigenvalue weighted by Gasteiger charge is 2.34. The molecule has 2 heterocycles.